The molecule has 3 aromatic rings. The Labute approximate surface area is 203 Å². The highest BCUT2D eigenvalue weighted by Gasteiger charge is 2.67. The number of amides is 2. The summed E-state index contributed by atoms with van der Waals surface area (Å²) in [5.41, 5.74) is 2.49. The largest absolute Gasteiger partial charge is 0.422 e. The van der Waals surface area contributed by atoms with Crippen molar-refractivity contribution in [3.05, 3.63) is 96.6 Å². The number of hydrogen-bond acceptors (Lipinski definition) is 4. The van der Waals surface area contributed by atoms with E-state index in [-0.39, 0.29) is 35.5 Å². The highest BCUT2D eigenvalue weighted by molar-refractivity contribution is 6.23. The molecule has 0 unspecified atom stereocenters. The Hall–Kier alpha value is -3.99. The monoisotopic (exact) mass is 461 g/mol. The maximum atomic E-state index is 13.4. The van der Waals surface area contributed by atoms with Crippen LogP contribution in [-0.4, -0.2) is 17.8 Å². The van der Waals surface area contributed by atoms with Crippen molar-refractivity contribution in [1.82, 2.24) is 0 Å². The molecule has 6 atom stereocenters. The lowest BCUT2D eigenvalue weighted by molar-refractivity contribution is -0.124. The molecule has 2 saturated carbocycles. The zero-order valence-corrected chi connectivity index (χ0v) is 18.9. The molecule has 0 radical (unpaired) electrons. The lowest BCUT2D eigenvalue weighted by Crippen LogP contribution is -2.40. The summed E-state index contributed by atoms with van der Waals surface area (Å²) in [4.78, 5) is 41.3. The van der Waals surface area contributed by atoms with Gasteiger partial charge in [-0.05, 0) is 59.9 Å². The average Bonchev–Trinajstić information content (AvgIpc) is 3.68. The van der Waals surface area contributed by atoms with Crippen molar-refractivity contribution in [3.8, 4) is 16.9 Å². The van der Waals surface area contributed by atoms with E-state index in [1.807, 2.05) is 48.5 Å². The van der Waals surface area contributed by atoms with Crippen molar-refractivity contribution in [2.75, 3.05) is 4.90 Å². The van der Waals surface area contributed by atoms with Gasteiger partial charge in [0.25, 0.3) is 0 Å². The molecule has 0 spiro atoms. The van der Waals surface area contributed by atoms with Crippen LogP contribution < -0.4 is 9.64 Å². The Balaban J connectivity index is 1.17. The predicted octanol–water partition coefficient (Wildman–Crippen LogP) is 5.13. The first-order chi connectivity index (χ1) is 17.1. The molecule has 2 amide bonds. The van der Waals surface area contributed by atoms with Crippen molar-refractivity contribution >= 4 is 23.5 Å². The number of anilines is 1. The molecule has 1 saturated heterocycles. The Kier molecular flexibility index (Phi) is 4.37. The molecular weight excluding hydrogens is 438 g/mol. The summed E-state index contributed by atoms with van der Waals surface area (Å²) >= 11 is 0. The number of esters is 1. The smallest absolute Gasteiger partial charge is 0.343 e. The molecular formula is C30H23NO4. The number of imide groups is 1. The van der Waals surface area contributed by atoms with Gasteiger partial charge in [-0.2, -0.15) is 0 Å². The van der Waals surface area contributed by atoms with E-state index in [0.29, 0.717) is 28.8 Å². The molecule has 172 valence electrons. The van der Waals surface area contributed by atoms with Crippen LogP contribution in [0.15, 0.2) is 91.0 Å². The van der Waals surface area contributed by atoms with E-state index in [4.69, 9.17) is 4.74 Å². The molecule has 5 heteroatoms. The van der Waals surface area contributed by atoms with E-state index in [1.165, 1.54) is 4.90 Å². The lowest BCUT2D eigenvalue weighted by atomic mass is 9.63. The van der Waals surface area contributed by atoms with Gasteiger partial charge >= 0.3 is 5.97 Å². The van der Waals surface area contributed by atoms with Crippen molar-refractivity contribution in [2.24, 2.45) is 35.5 Å². The van der Waals surface area contributed by atoms with Crippen LogP contribution in [0.1, 0.15) is 16.8 Å². The Morgan fingerprint density at radius 2 is 1.43 bits per heavy atom. The summed E-state index contributed by atoms with van der Waals surface area (Å²) in [6.07, 6.45) is 5.45. The molecule has 3 fully saturated rings. The third kappa shape index (κ3) is 3.04. The van der Waals surface area contributed by atoms with Crippen molar-refractivity contribution < 1.29 is 19.1 Å². The molecule has 0 N–H and O–H groups in total. The minimum atomic E-state index is -0.533. The van der Waals surface area contributed by atoms with Gasteiger partial charge in [0.2, 0.25) is 11.8 Å². The summed E-state index contributed by atoms with van der Waals surface area (Å²) in [7, 11) is 0. The van der Waals surface area contributed by atoms with E-state index in [2.05, 4.69) is 12.2 Å². The van der Waals surface area contributed by atoms with Gasteiger partial charge in [0, 0.05) is 5.56 Å². The number of rotatable bonds is 4. The summed E-state index contributed by atoms with van der Waals surface area (Å²) in [5, 5.41) is 0. The molecule has 5 aliphatic rings. The lowest BCUT2D eigenvalue weighted by Gasteiger charge is -2.37. The van der Waals surface area contributed by atoms with Crippen LogP contribution in [0, 0.1) is 35.5 Å². The van der Waals surface area contributed by atoms with Crippen LogP contribution >= 0.6 is 0 Å². The molecule has 0 aromatic heterocycles. The summed E-state index contributed by atoms with van der Waals surface area (Å²) in [6.45, 7) is 0. The number of allylic oxidation sites excluding steroid dienone is 2. The van der Waals surface area contributed by atoms with E-state index < -0.39 is 5.97 Å². The number of ether oxygens (including phenoxy) is 1. The number of hydrogen-bond donors (Lipinski definition) is 0. The van der Waals surface area contributed by atoms with Gasteiger partial charge < -0.3 is 4.74 Å². The molecule has 1 heterocycles. The van der Waals surface area contributed by atoms with Crippen molar-refractivity contribution in [1.29, 1.82) is 0 Å². The van der Waals surface area contributed by atoms with Crippen molar-refractivity contribution in [2.45, 2.75) is 6.42 Å². The van der Waals surface area contributed by atoms with E-state index in [0.717, 1.165) is 17.5 Å². The molecule has 3 aromatic carbocycles. The highest BCUT2D eigenvalue weighted by atomic mass is 16.5. The second-order valence-corrected chi connectivity index (χ2v) is 9.97. The number of carbonyl (C=O) groups excluding carboxylic acids is 3. The number of para-hydroxylation sites is 1. The van der Waals surface area contributed by atoms with Gasteiger partial charge in [0.05, 0.1) is 23.1 Å². The van der Waals surface area contributed by atoms with E-state index in [1.54, 1.807) is 30.3 Å². The normalized spacial score (nSPS) is 29.7. The maximum Gasteiger partial charge on any atom is 0.343 e. The summed E-state index contributed by atoms with van der Waals surface area (Å²) in [6, 6.07) is 23.8. The third-order valence-corrected chi connectivity index (χ3v) is 8.18. The van der Waals surface area contributed by atoms with Crippen LogP contribution in [0.4, 0.5) is 5.69 Å². The fourth-order valence-electron chi connectivity index (χ4n) is 6.55. The zero-order valence-electron chi connectivity index (χ0n) is 18.9. The van der Waals surface area contributed by atoms with Crippen molar-refractivity contribution in [3.63, 3.8) is 0 Å². The highest BCUT2D eigenvalue weighted by Crippen LogP contribution is 2.65. The van der Waals surface area contributed by atoms with Gasteiger partial charge in [-0.25, -0.2) is 9.69 Å². The fourth-order valence-corrected chi connectivity index (χ4v) is 6.55. The van der Waals surface area contributed by atoms with Gasteiger partial charge in [-0.1, -0.05) is 66.7 Å². The van der Waals surface area contributed by atoms with Gasteiger partial charge in [-0.3, -0.25) is 9.59 Å². The molecule has 35 heavy (non-hydrogen) atoms. The second kappa shape index (κ2) is 7.51. The second-order valence-electron chi connectivity index (χ2n) is 9.97. The fraction of sp³-hybridized carbons (Fsp3) is 0.233. The SMILES string of the molecule is O=C(Oc1ccccc1-c1ccccc1)c1cccc(N2C(=O)[C@@H]3[C@H]4C=C[C@@H]([C@@H]5C[C@@H]45)[C@@H]3C2=O)c1. The first kappa shape index (κ1) is 20.4. The number of carbonyl (C=O) groups is 3. The Morgan fingerprint density at radius 1 is 0.771 bits per heavy atom. The first-order valence-electron chi connectivity index (χ1n) is 12.1. The van der Waals surface area contributed by atoms with Gasteiger partial charge in [-0.15, -0.1) is 0 Å². The van der Waals surface area contributed by atoms with Crippen LogP contribution in [0.25, 0.3) is 11.1 Å². The van der Waals surface area contributed by atoms with E-state index in [9.17, 15) is 14.4 Å². The zero-order chi connectivity index (χ0) is 23.7. The molecule has 4 aliphatic carbocycles. The maximum absolute atomic E-state index is 13.4. The first-order valence-corrected chi connectivity index (χ1v) is 12.1. The van der Waals surface area contributed by atoms with Gasteiger partial charge in [0.15, 0.2) is 0 Å². The van der Waals surface area contributed by atoms with Crippen LogP contribution in [0.2, 0.25) is 0 Å². The van der Waals surface area contributed by atoms with E-state index >= 15 is 0 Å². The van der Waals surface area contributed by atoms with Crippen LogP contribution in [0.5, 0.6) is 5.75 Å². The Bertz CT molecular complexity index is 1370. The van der Waals surface area contributed by atoms with Crippen LogP contribution in [0.3, 0.4) is 0 Å². The Morgan fingerprint density at radius 3 is 2.14 bits per heavy atom. The number of nitrogens with zero attached hydrogens (tertiary/aromatic N) is 1. The summed E-state index contributed by atoms with van der Waals surface area (Å²) in [5.74, 6) is 0.546. The van der Waals surface area contributed by atoms with Gasteiger partial charge in [0.1, 0.15) is 5.75 Å². The predicted molar refractivity (Wildman–Crippen MR) is 130 cm³/mol. The van der Waals surface area contributed by atoms with Crippen LogP contribution in [-0.2, 0) is 9.59 Å². The third-order valence-electron chi connectivity index (χ3n) is 8.18. The minimum Gasteiger partial charge on any atom is -0.422 e. The minimum absolute atomic E-state index is 0.135. The standard InChI is InChI=1S/C30H23NO4/c32-28-26-21-13-14-22(24-16-23(21)24)27(26)29(33)31(28)19-10-6-9-18(15-19)30(34)35-25-12-5-4-11-20(25)17-7-2-1-3-8-17/h1-15,21-24,26-27H,16H2/t21-,22-,23-,24-,26-,27+/m0/s1. The molecule has 2 bridgehead atoms. The molecule has 8 rings (SSSR count). The quantitative estimate of drug-likeness (QED) is 0.234. The number of benzene rings is 3. The average molecular weight is 462 g/mol. The summed E-state index contributed by atoms with van der Waals surface area (Å²) < 4.78 is 5.78. The topological polar surface area (TPSA) is 63.7 Å². The molecule has 1 aliphatic heterocycles. The molecule has 5 nitrogen and oxygen atoms in total.